The van der Waals surface area contributed by atoms with E-state index in [0.717, 1.165) is 32.1 Å². The maximum absolute atomic E-state index is 12.9. The van der Waals surface area contributed by atoms with Gasteiger partial charge in [-0.25, -0.2) is 9.59 Å². The summed E-state index contributed by atoms with van der Waals surface area (Å²) in [5.41, 5.74) is -4.21. The van der Waals surface area contributed by atoms with E-state index in [2.05, 4.69) is 5.32 Å². The summed E-state index contributed by atoms with van der Waals surface area (Å²) in [6.45, 7) is -0.333. The van der Waals surface area contributed by atoms with Gasteiger partial charge >= 0.3 is 18.0 Å². The van der Waals surface area contributed by atoms with E-state index in [1.807, 2.05) is 0 Å². The molecule has 1 unspecified atom stereocenters. The number of amides is 1. The Labute approximate surface area is 162 Å². The third-order valence-electron chi connectivity index (χ3n) is 5.09. The quantitative estimate of drug-likeness (QED) is 0.673. The lowest BCUT2D eigenvalue weighted by Crippen LogP contribution is -2.39. The fourth-order valence-corrected chi connectivity index (χ4v) is 3.55. The molecule has 3 atom stereocenters. The van der Waals surface area contributed by atoms with E-state index in [1.54, 1.807) is 4.98 Å². The van der Waals surface area contributed by atoms with Crippen molar-refractivity contribution in [2.24, 2.45) is 0 Å². The number of aliphatic hydroxyl groups is 1. The summed E-state index contributed by atoms with van der Waals surface area (Å²) >= 11 is 0. The van der Waals surface area contributed by atoms with Crippen LogP contribution in [-0.4, -0.2) is 45.6 Å². The number of rotatable bonds is 4. The minimum atomic E-state index is -4.96. The van der Waals surface area contributed by atoms with Gasteiger partial charge in [-0.05, 0) is 12.8 Å². The Hall–Kier alpha value is -2.34. The van der Waals surface area contributed by atoms with Crippen molar-refractivity contribution in [3.63, 3.8) is 0 Å². The number of nitrogens with one attached hydrogen (secondary N) is 2. The fraction of sp³-hybridized carbons (Fsp3) is 0.706. The molecule has 1 saturated carbocycles. The van der Waals surface area contributed by atoms with Crippen LogP contribution in [0.4, 0.5) is 18.0 Å². The van der Waals surface area contributed by atoms with Gasteiger partial charge in [-0.3, -0.25) is 14.3 Å². The molecule has 1 amide bonds. The van der Waals surface area contributed by atoms with Crippen LogP contribution in [0.3, 0.4) is 0 Å². The Morgan fingerprint density at radius 1 is 1.31 bits per heavy atom. The molecule has 0 aromatic carbocycles. The lowest BCUT2D eigenvalue weighted by Gasteiger charge is -2.23. The van der Waals surface area contributed by atoms with Gasteiger partial charge in [0.2, 0.25) is 0 Å². The molecule has 1 aliphatic heterocycles. The molecule has 0 bridgehead atoms. The summed E-state index contributed by atoms with van der Waals surface area (Å²) in [4.78, 5) is 36.7. The predicted octanol–water partition coefficient (Wildman–Crippen LogP) is 1.26. The molecule has 29 heavy (non-hydrogen) atoms. The van der Waals surface area contributed by atoms with E-state index in [1.165, 1.54) is 0 Å². The molecular formula is C17H22F3N3O6. The molecule has 2 aliphatic rings. The highest BCUT2D eigenvalue weighted by Gasteiger charge is 2.39. The first-order chi connectivity index (χ1) is 13.6. The van der Waals surface area contributed by atoms with E-state index in [9.17, 15) is 32.7 Å². The highest BCUT2D eigenvalue weighted by Crippen LogP contribution is 2.30. The fourth-order valence-electron chi connectivity index (χ4n) is 3.55. The SMILES string of the molecule is O=C(NC1CCCCC1)OC[C@@H]1O[C@H](n2cc(C(F)(F)F)c(=O)[nH]c2=O)CC1O. The Kier molecular flexibility index (Phi) is 6.32. The average Bonchev–Trinajstić information content (AvgIpc) is 3.00. The van der Waals surface area contributed by atoms with Crippen molar-refractivity contribution >= 4 is 6.09 Å². The number of aliphatic hydroxyl groups excluding tert-OH is 1. The van der Waals surface area contributed by atoms with E-state index >= 15 is 0 Å². The highest BCUT2D eigenvalue weighted by atomic mass is 19.4. The molecule has 12 heteroatoms. The maximum Gasteiger partial charge on any atom is 0.423 e. The summed E-state index contributed by atoms with van der Waals surface area (Å²) in [6, 6.07) is 0.0268. The number of aromatic nitrogens is 2. The monoisotopic (exact) mass is 421 g/mol. The van der Waals surface area contributed by atoms with Gasteiger partial charge in [0.05, 0.1) is 6.10 Å². The van der Waals surface area contributed by atoms with Gasteiger partial charge in [0.15, 0.2) is 0 Å². The summed E-state index contributed by atoms with van der Waals surface area (Å²) in [5.74, 6) is 0. The van der Waals surface area contributed by atoms with Gasteiger partial charge in [-0.2, -0.15) is 13.2 Å². The van der Waals surface area contributed by atoms with Gasteiger partial charge < -0.3 is 19.9 Å². The number of H-pyrrole nitrogens is 1. The second kappa shape index (κ2) is 8.57. The summed E-state index contributed by atoms with van der Waals surface area (Å²) in [7, 11) is 0. The van der Waals surface area contributed by atoms with Crippen LogP contribution in [-0.2, 0) is 15.7 Å². The zero-order valence-electron chi connectivity index (χ0n) is 15.4. The van der Waals surface area contributed by atoms with Crippen molar-refractivity contribution in [1.29, 1.82) is 0 Å². The molecule has 9 nitrogen and oxygen atoms in total. The number of carbonyl (C=O) groups excluding carboxylic acids is 1. The molecule has 0 spiro atoms. The van der Waals surface area contributed by atoms with Crippen molar-refractivity contribution < 1.29 is 32.5 Å². The number of ether oxygens (including phenoxy) is 2. The van der Waals surface area contributed by atoms with Crippen molar-refractivity contribution in [2.45, 2.75) is 69.2 Å². The molecular weight excluding hydrogens is 399 g/mol. The maximum atomic E-state index is 12.9. The normalized spacial score (nSPS) is 25.7. The second-order valence-electron chi connectivity index (χ2n) is 7.22. The Morgan fingerprint density at radius 3 is 2.66 bits per heavy atom. The third-order valence-corrected chi connectivity index (χ3v) is 5.09. The molecule has 1 saturated heterocycles. The Bertz CT molecular complexity index is 846. The Morgan fingerprint density at radius 2 is 2.00 bits per heavy atom. The van der Waals surface area contributed by atoms with Gasteiger partial charge in [0, 0.05) is 18.7 Å². The van der Waals surface area contributed by atoms with Crippen LogP contribution < -0.4 is 16.6 Å². The standard InChI is InChI=1S/C17H22F3N3O6/c18-17(19,20)10-7-23(15(26)22-14(10)25)13-6-11(24)12(29-13)8-28-16(27)21-9-4-2-1-3-5-9/h7,9,11-13,24H,1-6,8H2,(H,21,27)(H,22,25,26)/t11?,12-,13-/m0/s1. The molecule has 3 N–H and O–H groups in total. The first-order valence-electron chi connectivity index (χ1n) is 9.34. The second-order valence-corrected chi connectivity index (χ2v) is 7.22. The molecule has 0 radical (unpaired) electrons. The van der Waals surface area contributed by atoms with Crippen molar-refractivity contribution in [2.75, 3.05) is 6.61 Å². The van der Waals surface area contributed by atoms with Crippen LogP contribution in [0.15, 0.2) is 15.8 Å². The number of alkyl halides is 3. The first kappa shape index (κ1) is 21.4. The zero-order chi connectivity index (χ0) is 21.2. The number of aromatic amines is 1. The van der Waals surface area contributed by atoms with E-state index in [4.69, 9.17) is 9.47 Å². The summed E-state index contributed by atoms with van der Waals surface area (Å²) in [6.07, 6.45) is -4.04. The van der Waals surface area contributed by atoms with E-state index < -0.39 is 47.5 Å². The topological polar surface area (TPSA) is 123 Å². The molecule has 1 aromatic heterocycles. The smallest absolute Gasteiger partial charge is 0.423 e. The van der Waals surface area contributed by atoms with Crippen molar-refractivity contribution in [3.8, 4) is 0 Å². The predicted molar refractivity (Wildman–Crippen MR) is 92.2 cm³/mol. The van der Waals surface area contributed by atoms with Crippen LogP contribution in [0.25, 0.3) is 0 Å². The summed E-state index contributed by atoms with van der Waals surface area (Å²) < 4.78 is 49.8. The minimum absolute atomic E-state index is 0.0268. The van der Waals surface area contributed by atoms with Crippen molar-refractivity contribution in [1.82, 2.24) is 14.9 Å². The van der Waals surface area contributed by atoms with Gasteiger partial charge in [0.1, 0.15) is 24.5 Å². The van der Waals surface area contributed by atoms with Gasteiger partial charge in [0.25, 0.3) is 5.56 Å². The summed E-state index contributed by atoms with van der Waals surface area (Å²) in [5, 5.41) is 12.8. The van der Waals surface area contributed by atoms with E-state index in [-0.39, 0.29) is 19.1 Å². The number of hydrogen-bond donors (Lipinski definition) is 3. The first-order valence-corrected chi connectivity index (χ1v) is 9.34. The number of alkyl carbamates (subject to hydrolysis) is 1. The molecule has 2 fully saturated rings. The lowest BCUT2D eigenvalue weighted by atomic mass is 9.96. The largest absolute Gasteiger partial charge is 0.447 e. The van der Waals surface area contributed by atoms with Crippen molar-refractivity contribution in [3.05, 3.63) is 32.6 Å². The van der Waals surface area contributed by atoms with Crippen LogP contribution in [0.2, 0.25) is 0 Å². The number of halogens is 3. The van der Waals surface area contributed by atoms with Crippen LogP contribution in [0.5, 0.6) is 0 Å². The molecule has 3 rings (SSSR count). The molecule has 1 aromatic rings. The highest BCUT2D eigenvalue weighted by molar-refractivity contribution is 5.67. The number of nitrogens with zero attached hydrogens (tertiary/aromatic N) is 1. The lowest BCUT2D eigenvalue weighted by molar-refractivity contribution is -0.139. The van der Waals surface area contributed by atoms with Crippen LogP contribution >= 0.6 is 0 Å². The molecule has 2 heterocycles. The average molecular weight is 421 g/mol. The van der Waals surface area contributed by atoms with Gasteiger partial charge in [-0.1, -0.05) is 19.3 Å². The molecule has 162 valence electrons. The Balaban J connectivity index is 1.61. The minimum Gasteiger partial charge on any atom is -0.447 e. The van der Waals surface area contributed by atoms with Crippen LogP contribution in [0, 0.1) is 0 Å². The van der Waals surface area contributed by atoms with E-state index in [0.29, 0.717) is 10.8 Å². The zero-order valence-corrected chi connectivity index (χ0v) is 15.4. The van der Waals surface area contributed by atoms with Gasteiger partial charge in [-0.15, -0.1) is 0 Å². The number of hydrogen-bond acceptors (Lipinski definition) is 6. The van der Waals surface area contributed by atoms with Crippen LogP contribution in [0.1, 0.15) is 50.3 Å². The number of carbonyl (C=O) groups is 1. The third kappa shape index (κ3) is 5.18. The molecule has 1 aliphatic carbocycles.